The minimum absolute atomic E-state index is 0.0721. The molecule has 1 aliphatic rings. The lowest BCUT2D eigenvalue weighted by Crippen LogP contribution is -2.47. The molecule has 1 unspecified atom stereocenters. The van der Waals surface area contributed by atoms with Crippen LogP contribution in [0.1, 0.15) is 15.9 Å². The van der Waals surface area contributed by atoms with E-state index in [1.54, 1.807) is 0 Å². The summed E-state index contributed by atoms with van der Waals surface area (Å²) in [5.74, 6) is -0.712. The molecule has 0 aliphatic carbocycles. The molecule has 0 radical (unpaired) electrons. The SMILES string of the molecule is O=C(c1ccc(Br)cc1C(F)(F)F)N1CCOC(CO)C1. The van der Waals surface area contributed by atoms with E-state index in [4.69, 9.17) is 9.84 Å². The summed E-state index contributed by atoms with van der Waals surface area (Å²) in [7, 11) is 0. The van der Waals surface area contributed by atoms with Crippen molar-refractivity contribution < 1.29 is 27.8 Å². The van der Waals surface area contributed by atoms with Gasteiger partial charge in [-0.05, 0) is 18.2 Å². The highest BCUT2D eigenvalue weighted by Gasteiger charge is 2.37. The molecule has 0 bridgehead atoms. The van der Waals surface area contributed by atoms with Gasteiger partial charge in [0.25, 0.3) is 5.91 Å². The van der Waals surface area contributed by atoms with Crippen LogP contribution in [-0.4, -0.2) is 48.3 Å². The van der Waals surface area contributed by atoms with Gasteiger partial charge in [0.2, 0.25) is 0 Å². The zero-order chi connectivity index (χ0) is 15.6. The number of hydrogen-bond donors (Lipinski definition) is 1. The highest BCUT2D eigenvalue weighted by Crippen LogP contribution is 2.34. The van der Waals surface area contributed by atoms with Gasteiger partial charge in [0.15, 0.2) is 0 Å². The number of aliphatic hydroxyl groups excluding tert-OH is 1. The van der Waals surface area contributed by atoms with Gasteiger partial charge in [0, 0.05) is 17.6 Å². The molecule has 0 spiro atoms. The Hall–Kier alpha value is -1.12. The van der Waals surface area contributed by atoms with Crippen LogP contribution >= 0.6 is 15.9 Å². The van der Waals surface area contributed by atoms with Gasteiger partial charge in [-0.2, -0.15) is 13.2 Å². The fourth-order valence-corrected chi connectivity index (χ4v) is 2.48. The van der Waals surface area contributed by atoms with Crippen molar-refractivity contribution in [2.75, 3.05) is 26.3 Å². The number of carbonyl (C=O) groups excluding carboxylic acids is 1. The number of morpholine rings is 1. The van der Waals surface area contributed by atoms with Gasteiger partial charge in [0.1, 0.15) is 0 Å². The average molecular weight is 368 g/mol. The molecule has 116 valence electrons. The number of nitrogens with zero attached hydrogens (tertiary/aromatic N) is 1. The Morgan fingerprint density at radius 2 is 2.19 bits per heavy atom. The Morgan fingerprint density at radius 3 is 2.81 bits per heavy atom. The van der Waals surface area contributed by atoms with E-state index in [-0.39, 0.29) is 30.8 Å². The Bertz CT molecular complexity index is 536. The lowest BCUT2D eigenvalue weighted by Gasteiger charge is -2.32. The van der Waals surface area contributed by atoms with Crippen LogP contribution in [0.25, 0.3) is 0 Å². The standard InChI is InChI=1S/C13H13BrF3NO3/c14-8-1-2-10(11(5-8)13(15,16)17)12(20)18-3-4-21-9(6-18)7-19/h1-2,5,9,19H,3-4,6-7H2. The van der Waals surface area contributed by atoms with Gasteiger partial charge in [0.05, 0.1) is 30.4 Å². The second-order valence-corrected chi connectivity index (χ2v) is 5.53. The molecule has 1 heterocycles. The topological polar surface area (TPSA) is 49.8 Å². The van der Waals surface area contributed by atoms with Crippen LogP contribution in [0.3, 0.4) is 0 Å². The second kappa shape index (κ2) is 6.33. The van der Waals surface area contributed by atoms with Crippen molar-refractivity contribution in [3.8, 4) is 0 Å². The summed E-state index contributed by atoms with van der Waals surface area (Å²) in [6.45, 7) is 0.177. The molecule has 1 N–H and O–H groups in total. The number of benzene rings is 1. The fraction of sp³-hybridized carbons (Fsp3) is 0.462. The van der Waals surface area contributed by atoms with E-state index < -0.39 is 29.3 Å². The van der Waals surface area contributed by atoms with E-state index in [1.807, 2.05) is 0 Å². The third-order valence-corrected chi connectivity index (χ3v) is 3.64. The maximum absolute atomic E-state index is 13.0. The van der Waals surface area contributed by atoms with Crippen LogP contribution in [0.15, 0.2) is 22.7 Å². The molecule has 4 nitrogen and oxygen atoms in total. The van der Waals surface area contributed by atoms with Crippen LogP contribution in [-0.2, 0) is 10.9 Å². The van der Waals surface area contributed by atoms with E-state index in [0.29, 0.717) is 0 Å². The van der Waals surface area contributed by atoms with Gasteiger partial charge in [-0.25, -0.2) is 0 Å². The maximum atomic E-state index is 13.0. The summed E-state index contributed by atoms with van der Waals surface area (Å²) in [5.41, 5.74) is -1.38. The molecule has 8 heteroatoms. The van der Waals surface area contributed by atoms with Crippen molar-refractivity contribution >= 4 is 21.8 Å². The number of halogens is 4. The summed E-state index contributed by atoms with van der Waals surface area (Å²) >= 11 is 2.98. The van der Waals surface area contributed by atoms with Crippen molar-refractivity contribution in [1.29, 1.82) is 0 Å². The molecule has 21 heavy (non-hydrogen) atoms. The zero-order valence-electron chi connectivity index (χ0n) is 10.9. The highest BCUT2D eigenvalue weighted by atomic mass is 79.9. The fourth-order valence-electron chi connectivity index (χ4n) is 2.12. The minimum atomic E-state index is -4.61. The number of carbonyl (C=O) groups is 1. The van der Waals surface area contributed by atoms with Crippen LogP contribution in [0.2, 0.25) is 0 Å². The third kappa shape index (κ3) is 3.75. The molecule has 1 fully saturated rings. The normalized spacial score (nSPS) is 19.7. The number of alkyl halides is 3. The first-order valence-electron chi connectivity index (χ1n) is 6.21. The minimum Gasteiger partial charge on any atom is -0.394 e. The Labute approximate surface area is 127 Å². The van der Waals surface area contributed by atoms with Crippen LogP contribution in [0.5, 0.6) is 0 Å². The van der Waals surface area contributed by atoms with Gasteiger partial charge >= 0.3 is 6.18 Å². The molecule has 1 atom stereocenters. The summed E-state index contributed by atoms with van der Waals surface area (Å²) < 4.78 is 44.6. The summed E-state index contributed by atoms with van der Waals surface area (Å²) in [6, 6.07) is 3.43. The van der Waals surface area contributed by atoms with Crippen molar-refractivity contribution in [1.82, 2.24) is 4.90 Å². The lowest BCUT2D eigenvalue weighted by molar-refractivity contribution is -0.138. The smallest absolute Gasteiger partial charge is 0.394 e. The Balaban J connectivity index is 2.31. The molecule has 1 aromatic rings. The Morgan fingerprint density at radius 1 is 1.48 bits per heavy atom. The first-order chi connectivity index (χ1) is 9.82. The molecular formula is C13H13BrF3NO3. The van der Waals surface area contributed by atoms with Gasteiger partial charge in [-0.3, -0.25) is 4.79 Å². The molecule has 1 saturated heterocycles. The van der Waals surface area contributed by atoms with Crippen molar-refractivity contribution in [3.05, 3.63) is 33.8 Å². The first kappa shape index (κ1) is 16.3. The molecule has 0 saturated carbocycles. The Kier molecular flexibility index (Phi) is 4.90. The maximum Gasteiger partial charge on any atom is 0.417 e. The van der Waals surface area contributed by atoms with E-state index >= 15 is 0 Å². The largest absolute Gasteiger partial charge is 0.417 e. The number of hydrogen-bond acceptors (Lipinski definition) is 3. The van der Waals surface area contributed by atoms with Gasteiger partial charge in [-0.15, -0.1) is 0 Å². The molecule has 1 aliphatic heterocycles. The predicted octanol–water partition coefficient (Wildman–Crippen LogP) is 2.30. The van der Waals surface area contributed by atoms with Crippen molar-refractivity contribution in [2.24, 2.45) is 0 Å². The van der Waals surface area contributed by atoms with E-state index in [2.05, 4.69) is 15.9 Å². The molecule has 2 rings (SSSR count). The van der Waals surface area contributed by atoms with Crippen molar-refractivity contribution in [3.63, 3.8) is 0 Å². The molecule has 1 amide bonds. The monoisotopic (exact) mass is 367 g/mol. The molecule has 0 aromatic heterocycles. The van der Waals surface area contributed by atoms with E-state index in [1.165, 1.54) is 11.0 Å². The zero-order valence-corrected chi connectivity index (χ0v) is 12.4. The molecular weight excluding hydrogens is 355 g/mol. The lowest BCUT2D eigenvalue weighted by atomic mass is 10.1. The number of rotatable bonds is 2. The van der Waals surface area contributed by atoms with Crippen LogP contribution in [0.4, 0.5) is 13.2 Å². The van der Waals surface area contributed by atoms with Crippen LogP contribution < -0.4 is 0 Å². The average Bonchev–Trinajstić information content (AvgIpc) is 2.45. The van der Waals surface area contributed by atoms with Crippen molar-refractivity contribution in [2.45, 2.75) is 12.3 Å². The predicted molar refractivity (Wildman–Crippen MR) is 71.9 cm³/mol. The van der Waals surface area contributed by atoms with E-state index in [9.17, 15) is 18.0 Å². The number of amides is 1. The second-order valence-electron chi connectivity index (χ2n) is 4.61. The summed E-state index contributed by atoms with van der Waals surface area (Å²) in [5, 5.41) is 9.03. The third-order valence-electron chi connectivity index (χ3n) is 3.15. The van der Waals surface area contributed by atoms with Gasteiger partial charge in [-0.1, -0.05) is 15.9 Å². The van der Waals surface area contributed by atoms with E-state index in [0.717, 1.165) is 12.1 Å². The summed E-state index contributed by atoms with van der Waals surface area (Å²) in [4.78, 5) is 13.6. The molecule has 1 aromatic carbocycles. The first-order valence-corrected chi connectivity index (χ1v) is 7.00. The summed E-state index contributed by atoms with van der Waals surface area (Å²) in [6.07, 6.45) is -5.18. The highest BCUT2D eigenvalue weighted by molar-refractivity contribution is 9.10. The van der Waals surface area contributed by atoms with Gasteiger partial charge < -0.3 is 14.7 Å². The van der Waals surface area contributed by atoms with Crippen LogP contribution in [0, 0.1) is 0 Å². The quantitative estimate of drug-likeness (QED) is 0.872. The number of ether oxygens (including phenoxy) is 1. The number of aliphatic hydroxyl groups is 1.